The minimum Gasteiger partial charge on any atom is -0.494 e. The average Bonchev–Trinajstić information content (AvgIpc) is 2.19. The monoisotopic (exact) mass is 212 g/mol. The van der Waals surface area contributed by atoms with Gasteiger partial charge in [-0.2, -0.15) is 12.6 Å². The fraction of sp³-hybridized carbons (Fsp3) is 0.455. The molecule has 0 aliphatic heterocycles. The molecule has 0 aromatic heterocycles. The van der Waals surface area contributed by atoms with Crippen LogP contribution in [0.1, 0.15) is 12.0 Å². The van der Waals surface area contributed by atoms with Gasteiger partial charge in [0.05, 0.1) is 13.2 Å². The second kappa shape index (κ2) is 6.74. The Balaban J connectivity index is 2.46. The summed E-state index contributed by atoms with van der Waals surface area (Å²) in [5, 5.41) is 0. The smallest absolute Gasteiger partial charge is 0.119 e. The van der Waals surface area contributed by atoms with E-state index in [1.165, 1.54) is 0 Å². The van der Waals surface area contributed by atoms with Crippen LogP contribution in [0, 0.1) is 0 Å². The number of rotatable bonds is 6. The van der Waals surface area contributed by atoms with Gasteiger partial charge in [0.1, 0.15) is 5.75 Å². The van der Waals surface area contributed by atoms with Gasteiger partial charge in [-0.05, 0) is 29.9 Å². The van der Waals surface area contributed by atoms with Crippen LogP contribution < -0.4 is 4.74 Å². The minimum atomic E-state index is 0.629. The Hall–Kier alpha value is -0.670. The zero-order chi connectivity index (χ0) is 10.2. The summed E-state index contributed by atoms with van der Waals surface area (Å²) < 4.78 is 10.6. The molecular weight excluding hydrogens is 196 g/mol. The molecule has 1 aromatic rings. The largest absolute Gasteiger partial charge is 0.494 e. The molecule has 1 rings (SSSR count). The molecule has 1 aromatic carbocycles. The van der Waals surface area contributed by atoms with E-state index in [1.54, 1.807) is 7.11 Å². The first-order chi connectivity index (χ1) is 6.86. The molecule has 0 heterocycles. The van der Waals surface area contributed by atoms with Gasteiger partial charge < -0.3 is 9.47 Å². The van der Waals surface area contributed by atoms with Crippen LogP contribution in [-0.2, 0) is 11.3 Å². The summed E-state index contributed by atoms with van der Waals surface area (Å²) >= 11 is 4.12. The van der Waals surface area contributed by atoms with Gasteiger partial charge in [-0.3, -0.25) is 0 Å². The molecule has 78 valence electrons. The highest BCUT2D eigenvalue weighted by Crippen LogP contribution is 2.14. The topological polar surface area (TPSA) is 18.5 Å². The third-order valence-electron chi connectivity index (χ3n) is 1.78. The highest BCUT2D eigenvalue weighted by Gasteiger charge is 1.95. The Kier molecular flexibility index (Phi) is 5.49. The Morgan fingerprint density at radius 3 is 2.93 bits per heavy atom. The van der Waals surface area contributed by atoms with Crippen molar-refractivity contribution >= 4 is 12.6 Å². The van der Waals surface area contributed by atoms with E-state index in [0.29, 0.717) is 6.61 Å². The van der Waals surface area contributed by atoms with Gasteiger partial charge in [0.15, 0.2) is 0 Å². The van der Waals surface area contributed by atoms with Gasteiger partial charge in [-0.25, -0.2) is 0 Å². The van der Waals surface area contributed by atoms with E-state index >= 15 is 0 Å². The van der Waals surface area contributed by atoms with E-state index in [2.05, 4.69) is 12.6 Å². The molecule has 2 nitrogen and oxygen atoms in total. The number of methoxy groups -OCH3 is 1. The molecule has 14 heavy (non-hydrogen) atoms. The van der Waals surface area contributed by atoms with Crippen LogP contribution in [0.3, 0.4) is 0 Å². The number of thiol groups is 1. The third kappa shape index (κ3) is 4.03. The lowest BCUT2D eigenvalue weighted by molar-refractivity contribution is 0.184. The summed E-state index contributed by atoms with van der Waals surface area (Å²) in [4.78, 5) is 0. The van der Waals surface area contributed by atoms with E-state index in [-0.39, 0.29) is 0 Å². The first-order valence-electron chi connectivity index (χ1n) is 4.68. The number of hydrogen-bond donors (Lipinski definition) is 1. The molecule has 0 atom stereocenters. The van der Waals surface area contributed by atoms with Crippen molar-refractivity contribution in [1.82, 2.24) is 0 Å². The average molecular weight is 212 g/mol. The van der Waals surface area contributed by atoms with Crippen LogP contribution in [0.15, 0.2) is 24.3 Å². The van der Waals surface area contributed by atoms with Crippen molar-refractivity contribution < 1.29 is 9.47 Å². The Bertz CT molecular complexity index is 263. The molecule has 0 unspecified atom stereocenters. The summed E-state index contributed by atoms with van der Waals surface area (Å²) in [5.41, 5.74) is 1.14. The Labute approximate surface area is 90.6 Å². The second-order valence-electron chi connectivity index (χ2n) is 3.01. The maximum Gasteiger partial charge on any atom is 0.119 e. The zero-order valence-corrected chi connectivity index (χ0v) is 9.30. The predicted molar refractivity (Wildman–Crippen MR) is 61.1 cm³/mol. The van der Waals surface area contributed by atoms with Crippen molar-refractivity contribution in [1.29, 1.82) is 0 Å². The quantitative estimate of drug-likeness (QED) is 0.577. The van der Waals surface area contributed by atoms with Crippen molar-refractivity contribution in [2.75, 3.05) is 19.5 Å². The van der Waals surface area contributed by atoms with Gasteiger partial charge in [-0.15, -0.1) is 0 Å². The van der Waals surface area contributed by atoms with Crippen LogP contribution >= 0.6 is 12.6 Å². The van der Waals surface area contributed by atoms with Gasteiger partial charge >= 0.3 is 0 Å². The molecule has 0 fully saturated rings. The lowest BCUT2D eigenvalue weighted by atomic mass is 10.2. The predicted octanol–water partition coefficient (Wildman–Crippen LogP) is 2.53. The van der Waals surface area contributed by atoms with Gasteiger partial charge in [0, 0.05) is 7.11 Å². The number of hydrogen-bond acceptors (Lipinski definition) is 3. The fourth-order valence-electron chi connectivity index (χ4n) is 1.15. The number of benzene rings is 1. The Morgan fingerprint density at radius 2 is 2.21 bits per heavy atom. The second-order valence-corrected chi connectivity index (χ2v) is 3.45. The van der Waals surface area contributed by atoms with Gasteiger partial charge in [-0.1, -0.05) is 12.1 Å². The molecule has 0 saturated heterocycles. The fourth-order valence-corrected chi connectivity index (χ4v) is 1.28. The lowest BCUT2D eigenvalue weighted by Crippen LogP contribution is -1.98. The summed E-state index contributed by atoms with van der Waals surface area (Å²) in [5.74, 6) is 1.76. The Morgan fingerprint density at radius 1 is 1.36 bits per heavy atom. The van der Waals surface area contributed by atoms with Crippen molar-refractivity contribution in [3.63, 3.8) is 0 Å². The normalized spacial score (nSPS) is 10.1. The van der Waals surface area contributed by atoms with Crippen molar-refractivity contribution in [3.8, 4) is 5.75 Å². The zero-order valence-electron chi connectivity index (χ0n) is 8.40. The van der Waals surface area contributed by atoms with Crippen LogP contribution in [0.25, 0.3) is 0 Å². The van der Waals surface area contributed by atoms with Gasteiger partial charge in [0.2, 0.25) is 0 Å². The van der Waals surface area contributed by atoms with Crippen molar-refractivity contribution in [2.24, 2.45) is 0 Å². The molecule has 0 bridgehead atoms. The van der Waals surface area contributed by atoms with Crippen LogP contribution in [-0.4, -0.2) is 19.5 Å². The molecule has 0 amide bonds. The highest BCUT2D eigenvalue weighted by atomic mass is 32.1. The number of ether oxygens (including phenoxy) is 2. The molecular formula is C11H16O2S. The SMILES string of the molecule is COCc1cccc(OCCCS)c1. The molecule has 0 saturated carbocycles. The van der Waals surface area contributed by atoms with Crippen molar-refractivity contribution in [2.45, 2.75) is 13.0 Å². The molecule has 0 aliphatic rings. The summed E-state index contributed by atoms with van der Waals surface area (Å²) in [7, 11) is 1.69. The van der Waals surface area contributed by atoms with Crippen LogP contribution in [0.2, 0.25) is 0 Å². The summed E-state index contributed by atoms with van der Waals surface area (Å²) in [6.07, 6.45) is 0.970. The molecule has 0 spiro atoms. The van der Waals surface area contributed by atoms with E-state index in [4.69, 9.17) is 9.47 Å². The van der Waals surface area contributed by atoms with E-state index < -0.39 is 0 Å². The highest BCUT2D eigenvalue weighted by molar-refractivity contribution is 7.80. The standard InChI is InChI=1S/C11H16O2S/c1-12-9-10-4-2-5-11(8-10)13-6-3-7-14/h2,4-5,8,14H,3,6-7,9H2,1H3. The third-order valence-corrected chi connectivity index (χ3v) is 2.10. The van der Waals surface area contributed by atoms with Crippen LogP contribution in [0.4, 0.5) is 0 Å². The maximum absolute atomic E-state index is 5.53. The van der Waals surface area contributed by atoms with Crippen molar-refractivity contribution in [3.05, 3.63) is 29.8 Å². The first-order valence-corrected chi connectivity index (χ1v) is 5.31. The minimum absolute atomic E-state index is 0.629. The molecule has 0 aliphatic carbocycles. The van der Waals surface area contributed by atoms with E-state index in [1.807, 2.05) is 24.3 Å². The maximum atomic E-state index is 5.53. The summed E-state index contributed by atoms with van der Waals surface area (Å²) in [6, 6.07) is 7.96. The molecule has 0 N–H and O–H groups in total. The molecule has 3 heteroatoms. The molecule has 0 radical (unpaired) electrons. The van der Waals surface area contributed by atoms with E-state index in [9.17, 15) is 0 Å². The first kappa shape index (κ1) is 11.4. The van der Waals surface area contributed by atoms with Crippen LogP contribution in [0.5, 0.6) is 5.75 Å². The summed E-state index contributed by atoms with van der Waals surface area (Å²) in [6.45, 7) is 1.35. The van der Waals surface area contributed by atoms with E-state index in [0.717, 1.165) is 30.1 Å². The van der Waals surface area contributed by atoms with Gasteiger partial charge in [0.25, 0.3) is 0 Å². The lowest BCUT2D eigenvalue weighted by Gasteiger charge is -2.06.